The minimum Gasteiger partial charge on any atom is -0.326 e. The number of para-hydroxylation sites is 2. The van der Waals surface area contributed by atoms with Crippen molar-refractivity contribution in [2.75, 3.05) is 22.1 Å². The van der Waals surface area contributed by atoms with Gasteiger partial charge in [0.25, 0.3) is 0 Å². The van der Waals surface area contributed by atoms with Crippen LogP contribution in [0.3, 0.4) is 0 Å². The van der Waals surface area contributed by atoms with E-state index in [9.17, 15) is 14.4 Å². The van der Waals surface area contributed by atoms with E-state index < -0.39 is 0 Å². The number of carbonyl (C=O) groups excluding carboxylic acids is 3. The van der Waals surface area contributed by atoms with Crippen LogP contribution in [0.5, 0.6) is 0 Å². The maximum atomic E-state index is 12.6. The molecule has 2 N–H and O–H groups in total. The van der Waals surface area contributed by atoms with E-state index in [1.54, 1.807) is 30.3 Å². The van der Waals surface area contributed by atoms with Crippen molar-refractivity contribution in [3.63, 3.8) is 0 Å². The molecule has 2 aromatic carbocycles. The number of hydrogen-bond acceptors (Lipinski definition) is 3. The van der Waals surface area contributed by atoms with Crippen molar-refractivity contribution in [3.8, 4) is 0 Å². The Bertz CT molecular complexity index is 799. The van der Waals surface area contributed by atoms with E-state index in [2.05, 4.69) is 10.6 Å². The maximum absolute atomic E-state index is 12.6. The van der Waals surface area contributed by atoms with E-state index in [0.717, 1.165) is 5.56 Å². The number of amides is 3. The average Bonchev–Trinajstić information content (AvgIpc) is 2.55. The van der Waals surface area contributed by atoms with Crippen molar-refractivity contribution in [3.05, 3.63) is 54.1 Å². The first kappa shape index (κ1) is 15.7. The minimum atomic E-state index is -0.206. The van der Waals surface area contributed by atoms with Crippen LogP contribution in [0.1, 0.15) is 12.5 Å². The Morgan fingerprint density at radius 3 is 2.54 bits per heavy atom. The molecule has 0 saturated heterocycles. The third-order valence-corrected chi connectivity index (χ3v) is 3.70. The molecule has 0 unspecified atom stereocenters. The van der Waals surface area contributed by atoms with Crippen LogP contribution in [0.2, 0.25) is 0 Å². The summed E-state index contributed by atoms with van der Waals surface area (Å²) in [6, 6.07) is 14.3. The van der Waals surface area contributed by atoms with Crippen LogP contribution in [-0.2, 0) is 20.8 Å². The molecule has 122 valence electrons. The lowest BCUT2D eigenvalue weighted by atomic mass is 10.1. The number of anilines is 3. The molecule has 0 fully saturated rings. The molecule has 1 aliphatic rings. The van der Waals surface area contributed by atoms with Gasteiger partial charge in [0.15, 0.2) is 0 Å². The predicted molar refractivity (Wildman–Crippen MR) is 91.9 cm³/mol. The Morgan fingerprint density at radius 2 is 1.83 bits per heavy atom. The Hall–Kier alpha value is -3.15. The molecule has 3 amide bonds. The molecule has 3 rings (SSSR count). The summed E-state index contributed by atoms with van der Waals surface area (Å²) in [5.41, 5.74) is 2.85. The molecular formula is C18H17N3O3. The van der Waals surface area contributed by atoms with Gasteiger partial charge in [0, 0.05) is 12.6 Å². The van der Waals surface area contributed by atoms with Crippen molar-refractivity contribution < 1.29 is 14.4 Å². The largest absolute Gasteiger partial charge is 0.326 e. The lowest BCUT2D eigenvalue weighted by molar-refractivity contribution is -0.121. The Labute approximate surface area is 139 Å². The number of hydrogen-bond donors (Lipinski definition) is 2. The van der Waals surface area contributed by atoms with Gasteiger partial charge in [-0.1, -0.05) is 24.3 Å². The molecule has 0 saturated carbocycles. The third kappa shape index (κ3) is 3.43. The molecule has 0 aliphatic carbocycles. The first-order valence-electron chi connectivity index (χ1n) is 7.59. The molecule has 0 spiro atoms. The van der Waals surface area contributed by atoms with E-state index >= 15 is 0 Å². The molecule has 6 nitrogen and oxygen atoms in total. The van der Waals surface area contributed by atoms with E-state index in [1.807, 2.05) is 18.2 Å². The van der Waals surface area contributed by atoms with Crippen LogP contribution in [-0.4, -0.2) is 24.3 Å². The number of fused-ring (bicyclic) bond motifs is 1. The highest BCUT2D eigenvalue weighted by Gasteiger charge is 2.26. The second kappa shape index (κ2) is 6.54. The monoisotopic (exact) mass is 323 g/mol. The zero-order valence-electron chi connectivity index (χ0n) is 13.2. The lowest BCUT2D eigenvalue weighted by Gasteiger charge is -2.29. The highest BCUT2D eigenvalue weighted by molar-refractivity contribution is 6.10. The van der Waals surface area contributed by atoms with Gasteiger partial charge in [-0.05, 0) is 29.8 Å². The van der Waals surface area contributed by atoms with Gasteiger partial charge >= 0.3 is 0 Å². The van der Waals surface area contributed by atoms with Crippen LogP contribution < -0.4 is 15.5 Å². The lowest BCUT2D eigenvalue weighted by Crippen LogP contribution is -2.42. The van der Waals surface area contributed by atoms with Gasteiger partial charge in [-0.2, -0.15) is 0 Å². The van der Waals surface area contributed by atoms with Gasteiger partial charge in [0.2, 0.25) is 17.7 Å². The van der Waals surface area contributed by atoms with Crippen LogP contribution in [0.25, 0.3) is 0 Å². The van der Waals surface area contributed by atoms with Crippen LogP contribution >= 0.6 is 0 Å². The van der Waals surface area contributed by atoms with E-state index in [-0.39, 0.29) is 30.7 Å². The summed E-state index contributed by atoms with van der Waals surface area (Å²) in [6.45, 7) is 1.45. The summed E-state index contributed by atoms with van der Waals surface area (Å²) in [4.78, 5) is 36.9. The Kier molecular flexibility index (Phi) is 4.29. The molecule has 6 heteroatoms. The molecule has 0 atom stereocenters. The normalized spacial score (nSPS) is 13.0. The summed E-state index contributed by atoms with van der Waals surface area (Å²) in [5.74, 6) is -0.498. The molecule has 2 aromatic rings. The SMILES string of the molecule is CC(=O)Nc1ccc(CC(=O)N2CC(=O)Nc3ccccc32)cc1. The van der Waals surface area contributed by atoms with Crippen molar-refractivity contribution in [2.45, 2.75) is 13.3 Å². The first-order valence-corrected chi connectivity index (χ1v) is 7.59. The topological polar surface area (TPSA) is 78.5 Å². The number of rotatable bonds is 3. The molecule has 1 heterocycles. The number of carbonyl (C=O) groups is 3. The van der Waals surface area contributed by atoms with Crippen LogP contribution in [0.15, 0.2) is 48.5 Å². The van der Waals surface area contributed by atoms with E-state index in [4.69, 9.17) is 0 Å². The smallest absolute Gasteiger partial charge is 0.244 e. The van der Waals surface area contributed by atoms with Gasteiger partial charge < -0.3 is 15.5 Å². The fourth-order valence-corrected chi connectivity index (χ4v) is 2.63. The zero-order valence-corrected chi connectivity index (χ0v) is 13.2. The molecule has 0 radical (unpaired) electrons. The highest BCUT2D eigenvalue weighted by Crippen LogP contribution is 2.29. The summed E-state index contributed by atoms with van der Waals surface area (Å²) < 4.78 is 0. The molecular weight excluding hydrogens is 306 g/mol. The molecule has 24 heavy (non-hydrogen) atoms. The van der Waals surface area contributed by atoms with Gasteiger partial charge in [0.1, 0.15) is 6.54 Å². The Balaban J connectivity index is 1.75. The second-order valence-electron chi connectivity index (χ2n) is 5.60. The van der Waals surface area contributed by atoms with Gasteiger partial charge in [-0.15, -0.1) is 0 Å². The van der Waals surface area contributed by atoms with Crippen molar-refractivity contribution in [2.24, 2.45) is 0 Å². The standard InChI is InChI=1S/C18H17N3O3/c1-12(22)19-14-8-6-13(7-9-14)10-18(24)21-11-17(23)20-15-4-2-3-5-16(15)21/h2-9H,10-11H2,1H3,(H,19,22)(H,20,23). The van der Waals surface area contributed by atoms with Gasteiger partial charge in [0.05, 0.1) is 17.8 Å². The number of nitrogens with one attached hydrogen (secondary N) is 2. The number of nitrogens with zero attached hydrogens (tertiary/aromatic N) is 1. The van der Waals surface area contributed by atoms with Crippen molar-refractivity contribution in [1.82, 2.24) is 0 Å². The van der Waals surface area contributed by atoms with Gasteiger partial charge in [-0.25, -0.2) is 0 Å². The average molecular weight is 323 g/mol. The van der Waals surface area contributed by atoms with Gasteiger partial charge in [-0.3, -0.25) is 14.4 Å². The Morgan fingerprint density at radius 1 is 1.12 bits per heavy atom. The molecule has 1 aliphatic heterocycles. The molecule has 0 bridgehead atoms. The first-order chi connectivity index (χ1) is 11.5. The summed E-state index contributed by atoms with van der Waals surface area (Å²) in [5, 5.41) is 5.44. The van der Waals surface area contributed by atoms with Crippen molar-refractivity contribution >= 4 is 34.8 Å². The van der Waals surface area contributed by atoms with Crippen LogP contribution in [0, 0.1) is 0 Å². The van der Waals surface area contributed by atoms with E-state index in [0.29, 0.717) is 17.1 Å². The maximum Gasteiger partial charge on any atom is 0.244 e. The predicted octanol–water partition coefficient (Wildman–Crippen LogP) is 2.17. The molecule has 0 aromatic heterocycles. The summed E-state index contributed by atoms with van der Waals surface area (Å²) >= 11 is 0. The fourth-order valence-electron chi connectivity index (χ4n) is 2.63. The van der Waals surface area contributed by atoms with E-state index in [1.165, 1.54) is 11.8 Å². The number of benzene rings is 2. The fraction of sp³-hybridized carbons (Fsp3) is 0.167. The summed E-state index contributed by atoms with van der Waals surface area (Å²) in [7, 11) is 0. The summed E-state index contributed by atoms with van der Waals surface area (Å²) in [6.07, 6.45) is 0.183. The van der Waals surface area contributed by atoms with Crippen molar-refractivity contribution in [1.29, 1.82) is 0 Å². The quantitative estimate of drug-likeness (QED) is 0.908. The van der Waals surface area contributed by atoms with Crippen LogP contribution in [0.4, 0.5) is 17.1 Å². The zero-order chi connectivity index (χ0) is 17.1. The minimum absolute atomic E-state index is 0.0137. The third-order valence-electron chi connectivity index (χ3n) is 3.70. The highest BCUT2D eigenvalue weighted by atomic mass is 16.2. The second-order valence-corrected chi connectivity index (χ2v) is 5.60.